The highest BCUT2D eigenvalue weighted by Gasteiger charge is 2.17. The highest BCUT2D eigenvalue weighted by molar-refractivity contribution is 5.91. The number of hydrogen-bond donors (Lipinski definition) is 2. The first-order valence-electron chi connectivity index (χ1n) is 6.41. The van der Waals surface area contributed by atoms with E-state index in [0.717, 1.165) is 0 Å². The van der Waals surface area contributed by atoms with E-state index >= 15 is 0 Å². The predicted molar refractivity (Wildman–Crippen MR) is 75.6 cm³/mol. The molecule has 1 aromatic rings. The third-order valence-electron chi connectivity index (χ3n) is 2.79. The van der Waals surface area contributed by atoms with Crippen LogP contribution in [0.4, 0.5) is 10.5 Å². The number of para-hydroxylation sites is 2. The monoisotopic (exact) mass is 266 g/mol. The summed E-state index contributed by atoms with van der Waals surface area (Å²) in [6.45, 7) is 4.48. The van der Waals surface area contributed by atoms with Crippen molar-refractivity contribution in [2.24, 2.45) is 0 Å². The number of anilines is 1. The average molecular weight is 266 g/mol. The van der Waals surface area contributed by atoms with Crippen LogP contribution >= 0.6 is 0 Å². The van der Waals surface area contributed by atoms with Gasteiger partial charge in [-0.3, -0.25) is 0 Å². The molecule has 0 heterocycles. The van der Waals surface area contributed by atoms with Gasteiger partial charge in [0.25, 0.3) is 0 Å². The Morgan fingerprint density at radius 1 is 1.42 bits per heavy atom. The van der Waals surface area contributed by atoms with Crippen LogP contribution in [0.1, 0.15) is 20.3 Å². The van der Waals surface area contributed by atoms with E-state index in [1.54, 1.807) is 24.1 Å². The summed E-state index contributed by atoms with van der Waals surface area (Å²) in [5.41, 5.74) is 0.643. The molecule has 2 amide bonds. The number of nitrogens with zero attached hydrogens (tertiary/aromatic N) is 1. The van der Waals surface area contributed by atoms with Crippen LogP contribution in [0, 0.1) is 0 Å². The molecule has 0 bridgehead atoms. The van der Waals surface area contributed by atoms with Crippen LogP contribution in [-0.2, 0) is 0 Å². The number of methoxy groups -OCH3 is 1. The van der Waals surface area contributed by atoms with Crippen molar-refractivity contribution < 1.29 is 14.6 Å². The minimum absolute atomic E-state index is 0.0706. The van der Waals surface area contributed by atoms with Crippen LogP contribution in [-0.4, -0.2) is 42.3 Å². The highest BCUT2D eigenvalue weighted by Crippen LogP contribution is 2.23. The van der Waals surface area contributed by atoms with Gasteiger partial charge in [0.05, 0.1) is 12.8 Å². The molecule has 0 fully saturated rings. The zero-order chi connectivity index (χ0) is 14.3. The smallest absolute Gasteiger partial charge is 0.322 e. The van der Waals surface area contributed by atoms with E-state index in [9.17, 15) is 4.79 Å². The number of carbonyl (C=O) groups is 1. The lowest BCUT2D eigenvalue weighted by Crippen LogP contribution is -2.41. The van der Waals surface area contributed by atoms with Gasteiger partial charge in [-0.25, -0.2) is 4.79 Å². The molecule has 0 unspecified atom stereocenters. The second kappa shape index (κ2) is 7.63. The van der Waals surface area contributed by atoms with Crippen molar-refractivity contribution in [2.45, 2.75) is 26.3 Å². The van der Waals surface area contributed by atoms with Crippen LogP contribution in [0.5, 0.6) is 5.75 Å². The number of hydrogen-bond acceptors (Lipinski definition) is 3. The summed E-state index contributed by atoms with van der Waals surface area (Å²) in [5, 5.41) is 11.7. The molecule has 0 radical (unpaired) electrons. The van der Waals surface area contributed by atoms with Crippen molar-refractivity contribution in [2.75, 3.05) is 25.6 Å². The Labute approximate surface area is 114 Å². The van der Waals surface area contributed by atoms with Crippen LogP contribution in [0.3, 0.4) is 0 Å². The molecule has 0 spiro atoms. The molecule has 0 aromatic heterocycles. The minimum atomic E-state index is -0.187. The van der Waals surface area contributed by atoms with Crippen molar-refractivity contribution in [3.8, 4) is 5.75 Å². The Bertz CT molecular complexity index is 407. The van der Waals surface area contributed by atoms with Crippen molar-refractivity contribution in [3.63, 3.8) is 0 Å². The fraction of sp³-hybridized carbons (Fsp3) is 0.500. The van der Waals surface area contributed by atoms with Crippen LogP contribution in [0.2, 0.25) is 0 Å². The van der Waals surface area contributed by atoms with Gasteiger partial charge in [-0.05, 0) is 32.4 Å². The lowest BCUT2D eigenvalue weighted by Gasteiger charge is -2.27. The lowest BCUT2D eigenvalue weighted by molar-refractivity contribution is 0.186. The number of rotatable bonds is 6. The highest BCUT2D eigenvalue weighted by atomic mass is 16.5. The average Bonchev–Trinajstić information content (AvgIpc) is 2.39. The molecule has 0 saturated heterocycles. The van der Waals surface area contributed by atoms with Crippen LogP contribution in [0.15, 0.2) is 24.3 Å². The van der Waals surface area contributed by atoms with Crippen molar-refractivity contribution in [1.29, 1.82) is 0 Å². The number of aliphatic hydroxyl groups is 1. The molecule has 5 nitrogen and oxygen atoms in total. The van der Waals surface area contributed by atoms with Gasteiger partial charge in [0.15, 0.2) is 0 Å². The zero-order valence-corrected chi connectivity index (χ0v) is 11.7. The van der Waals surface area contributed by atoms with Gasteiger partial charge in [-0.15, -0.1) is 0 Å². The van der Waals surface area contributed by atoms with Gasteiger partial charge in [-0.2, -0.15) is 0 Å². The van der Waals surface area contributed by atoms with E-state index in [-0.39, 0.29) is 18.7 Å². The summed E-state index contributed by atoms with van der Waals surface area (Å²) in [4.78, 5) is 13.9. The van der Waals surface area contributed by atoms with Gasteiger partial charge in [-0.1, -0.05) is 12.1 Å². The van der Waals surface area contributed by atoms with Crippen LogP contribution < -0.4 is 10.1 Å². The molecular formula is C14H22N2O3. The summed E-state index contributed by atoms with van der Waals surface area (Å²) in [6.07, 6.45) is 0.567. The normalized spacial score (nSPS) is 10.4. The summed E-state index contributed by atoms with van der Waals surface area (Å²) < 4.78 is 5.19. The van der Waals surface area contributed by atoms with E-state index in [2.05, 4.69) is 5.32 Å². The molecular weight excluding hydrogens is 244 g/mol. The number of nitrogens with one attached hydrogen (secondary N) is 1. The Hall–Kier alpha value is -1.75. The van der Waals surface area contributed by atoms with Crippen molar-refractivity contribution in [3.05, 3.63) is 24.3 Å². The third-order valence-corrected chi connectivity index (χ3v) is 2.79. The summed E-state index contributed by atoms with van der Waals surface area (Å²) >= 11 is 0. The number of aliphatic hydroxyl groups excluding tert-OH is 1. The van der Waals surface area contributed by atoms with Crippen molar-refractivity contribution >= 4 is 11.7 Å². The SMILES string of the molecule is COc1ccccc1NC(=O)N(CCCO)C(C)C. The van der Waals surface area contributed by atoms with Gasteiger partial charge in [0.2, 0.25) is 0 Å². The topological polar surface area (TPSA) is 61.8 Å². The molecule has 106 valence electrons. The molecule has 0 atom stereocenters. The standard InChI is InChI=1S/C14H22N2O3/c1-11(2)16(9-6-10-17)14(18)15-12-7-4-5-8-13(12)19-3/h4-5,7-8,11,17H,6,9-10H2,1-3H3,(H,15,18). The third kappa shape index (κ3) is 4.44. The summed E-state index contributed by atoms with van der Waals surface area (Å²) in [7, 11) is 1.57. The Morgan fingerprint density at radius 3 is 2.68 bits per heavy atom. The largest absolute Gasteiger partial charge is 0.495 e. The number of carbonyl (C=O) groups excluding carboxylic acids is 1. The molecule has 0 aliphatic rings. The summed E-state index contributed by atoms with van der Waals surface area (Å²) in [6, 6.07) is 7.16. The van der Waals surface area contributed by atoms with Crippen LogP contribution in [0.25, 0.3) is 0 Å². The van der Waals surface area contributed by atoms with E-state index in [4.69, 9.17) is 9.84 Å². The van der Waals surface area contributed by atoms with Gasteiger partial charge in [0.1, 0.15) is 5.75 Å². The van der Waals surface area contributed by atoms with Gasteiger partial charge < -0.3 is 20.1 Å². The molecule has 2 N–H and O–H groups in total. The molecule has 0 saturated carbocycles. The number of ether oxygens (including phenoxy) is 1. The fourth-order valence-corrected chi connectivity index (χ4v) is 1.77. The first-order valence-corrected chi connectivity index (χ1v) is 6.41. The maximum absolute atomic E-state index is 12.2. The molecule has 19 heavy (non-hydrogen) atoms. The van der Waals surface area contributed by atoms with Gasteiger partial charge in [0, 0.05) is 19.2 Å². The van der Waals surface area contributed by atoms with E-state index < -0.39 is 0 Å². The second-order valence-corrected chi connectivity index (χ2v) is 4.49. The van der Waals surface area contributed by atoms with Crippen molar-refractivity contribution in [1.82, 2.24) is 4.90 Å². The first kappa shape index (κ1) is 15.3. The maximum atomic E-state index is 12.2. The Morgan fingerprint density at radius 2 is 2.11 bits per heavy atom. The molecule has 0 aliphatic heterocycles. The Balaban J connectivity index is 2.75. The Kier molecular flexibility index (Phi) is 6.15. The number of amides is 2. The minimum Gasteiger partial charge on any atom is -0.495 e. The predicted octanol–water partition coefficient (Wildman–Crippen LogP) is 2.32. The van der Waals surface area contributed by atoms with E-state index in [0.29, 0.717) is 24.4 Å². The number of urea groups is 1. The summed E-state index contributed by atoms with van der Waals surface area (Å²) in [5.74, 6) is 0.627. The molecule has 1 aromatic carbocycles. The number of benzene rings is 1. The zero-order valence-electron chi connectivity index (χ0n) is 11.7. The van der Waals surface area contributed by atoms with Gasteiger partial charge >= 0.3 is 6.03 Å². The van der Waals surface area contributed by atoms with E-state index in [1.165, 1.54) is 0 Å². The molecule has 0 aliphatic carbocycles. The second-order valence-electron chi connectivity index (χ2n) is 4.49. The quantitative estimate of drug-likeness (QED) is 0.830. The maximum Gasteiger partial charge on any atom is 0.322 e. The van der Waals surface area contributed by atoms with E-state index in [1.807, 2.05) is 26.0 Å². The fourth-order valence-electron chi connectivity index (χ4n) is 1.77. The lowest BCUT2D eigenvalue weighted by atomic mass is 10.2. The molecule has 5 heteroatoms. The first-order chi connectivity index (χ1) is 9.10. The molecule has 1 rings (SSSR count).